The lowest BCUT2D eigenvalue weighted by molar-refractivity contribution is 0.187. The van der Waals surface area contributed by atoms with Crippen molar-refractivity contribution in [3.8, 4) is 0 Å². The number of aliphatic hydroxyl groups excluding tert-OH is 1. The van der Waals surface area contributed by atoms with Crippen molar-refractivity contribution < 1.29 is 9.52 Å². The first kappa shape index (κ1) is 13.0. The molecule has 1 aromatic heterocycles. The quantitative estimate of drug-likeness (QED) is 0.885. The van der Waals surface area contributed by atoms with Gasteiger partial charge in [-0.3, -0.25) is 0 Å². The number of hydrogen-bond acceptors (Lipinski definition) is 5. The number of hydrogen-bond donors (Lipinski definition) is 2. The second-order valence-electron chi connectivity index (χ2n) is 3.99. The molecule has 0 aliphatic carbocycles. The predicted molar refractivity (Wildman–Crippen MR) is 71.4 cm³/mol. The van der Waals surface area contributed by atoms with Gasteiger partial charge in [0.1, 0.15) is 0 Å². The van der Waals surface area contributed by atoms with E-state index in [4.69, 9.17) is 4.42 Å². The number of nitrogens with one attached hydrogen (secondary N) is 1. The maximum Gasteiger partial charge on any atom is 0.315 e. The second kappa shape index (κ2) is 5.97. The lowest BCUT2D eigenvalue weighted by atomic mass is 10.1. The fourth-order valence-corrected chi connectivity index (χ4v) is 1.80. The van der Waals surface area contributed by atoms with E-state index in [-0.39, 0.29) is 0 Å². The summed E-state index contributed by atoms with van der Waals surface area (Å²) in [6.07, 6.45) is 0.0753. The molecule has 18 heavy (non-hydrogen) atoms. The molecule has 2 N–H and O–H groups in total. The van der Waals surface area contributed by atoms with E-state index < -0.39 is 6.10 Å². The highest BCUT2D eigenvalue weighted by Gasteiger charge is 2.08. The topological polar surface area (TPSA) is 71.2 Å². The molecule has 0 aliphatic rings. The number of aryl methyl sites for hydroxylation is 1. The summed E-state index contributed by atoms with van der Waals surface area (Å²) in [7, 11) is 0. The summed E-state index contributed by atoms with van der Waals surface area (Å²) < 4.78 is 6.18. The van der Waals surface area contributed by atoms with Gasteiger partial charge in [0, 0.05) is 24.4 Å². The molecule has 0 saturated carbocycles. The first-order valence-electron chi connectivity index (χ1n) is 5.60. The Balaban J connectivity index is 1.81. The number of anilines is 1. The summed E-state index contributed by atoms with van der Waals surface area (Å²) >= 11 is 3.37. The molecule has 0 bridgehead atoms. The Kier molecular flexibility index (Phi) is 4.33. The fourth-order valence-electron chi connectivity index (χ4n) is 1.54. The van der Waals surface area contributed by atoms with Gasteiger partial charge >= 0.3 is 6.01 Å². The van der Waals surface area contributed by atoms with Crippen LogP contribution in [0.5, 0.6) is 0 Å². The predicted octanol–water partition coefficient (Wildman–Crippen LogP) is 2.16. The summed E-state index contributed by atoms with van der Waals surface area (Å²) in [4.78, 5) is 0. The zero-order chi connectivity index (χ0) is 13.0. The molecule has 5 nitrogen and oxygen atoms in total. The molecule has 2 aromatic rings. The smallest absolute Gasteiger partial charge is 0.315 e. The summed E-state index contributed by atoms with van der Waals surface area (Å²) in [6, 6.07) is 8.20. The molecule has 96 valence electrons. The second-order valence-corrected chi connectivity index (χ2v) is 4.91. The molecule has 0 amide bonds. The molecule has 1 atom stereocenters. The van der Waals surface area contributed by atoms with Crippen molar-refractivity contribution in [1.29, 1.82) is 0 Å². The third-order valence-electron chi connectivity index (χ3n) is 2.40. The molecule has 0 fully saturated rings. The van der Waals surface area contributed by atoms with Gasteiger partial charge in [-0.1, -0.05) is 33.2 Å². The maximum atomic E-state index is 9.88. The van der Waals surface area contributed by atoms with Gasteiger partial charge in [-0.2, -0.15) is 0 Å². The van der Waals surface area contributed by atoms with Gasteiger partial charge in [-0.25, -0.2) is 0 Å². The summed E-state index contributed by atoms with van der Waals surface area (Å²) in [5, 5.41) is 20.3. The van der Waals surface area contributed by atoms with Crippen LogP contribution >= 0.6 is 15.9 Å². The highest BCUT2D eigenvalue weighted by molar-refractivity contribution is 9.10. The van der Waals surface area contributed by atoms with Crippen LogP contribution in [0.1, 0.15) is 11.5 Å². The molecule has 0 radical (unpaired) electrons. The van der Waals surface area contributed by atoms with Crippen molar-refractivity contribution in [2.24, 2.45) is 0 Å². The average Bonchev–Trinajstić information content (AvgIpc) is 2.76. The lowest BCUT2D eigenvalue weighted by Crippen LogP contribution is -2.22. The molecular weight excluding hydrogens is 298 g/mol. The standard InChI is InChI=1S/C12H14BrN3O2/c1-8-15-16-12(18-8)14-7-11(17)6-9-2-4-10(13)5-3-9/h2-5,11,17H,6-7H2,1H3,(H,14,16). The van der Waals surface area contributed by atoms with Gasteiger partial charge in [-0.05, 0) is 17.7 Å². The van der Waals surface area contributed by atoms with Crippen LogP contribution < -0.4 is 5.32 Å². The molecule has 1 aromatic carbocycles. The molecule has 0 aliphatic heterocycles. The summed E-state index contributed by atoms with van der Waals surface area (Å²) in [5.41, 5.74) is 1.08. The van der Waals surface area contributed by atoms with Crippen LogP contribution in [0.15, 0.2) is 33.2 Å². The van der Waals surface area contributed by atoms with Crippen molar-refractivity contribution >= 4 is 21.9 Å². The van der Waals surface area contributed by atoms with E-state index in [1.54, 1.807) is 6.92 Å². The minimum Gasteiger partial charge on any atom is -0.408 e. The van der Waals surface area contributed by atoms with Crippen LogP contribution in [-0.4, -0.2) is 28.0 Å². The molecular formula is C12H14BrN3O2. The van der Waals surface area contributed by atoms with Gasteiger partial charge in [0.05, 0.1) is 6.10 Å². The maximum absolute atomic E-state index is 9.88. The molecule has 2 rings (SSSR count). The third kappa shape index (κ3) is 3.82. The van der Waals surface area contributed by atoms with E-state index in [9.17, 15) is 5.11 Å². The SMILES string of the molecule is Cc1nnc(NCC(O)Cc2ccc(Br)cc2)o1. The first-order valence-corrected chi connectivity index (χ1v) is 6.39. The van der Waals surface area contributed by atoms with E-state index in [1.807, 2.05) is 24.3 Å². The largest absolute Gasteiger partial charge is 0.408 e. The van der Waals surface area contributed by atoms with E-state index in [0.717, 1.165) is 10.0 Å². The van der Waals surface area contributed by atoms with Crippen LogP contribution in [0.4, 0.5) is 6.01 Å². The lowest BCUT2D eigenvalue weighted by Gasteiger charge is -2.10. The van der Waals surface area contributed by atoms with E-state index >= 15 is 0 Å². The monoisotopic (exact) mass is 311 g/mol. The van der Waals surface area contributed by atoms with Crippen LogP contribution in [0.25, 0.3) is 0 Å². The van der Waals surface area contributed by atoms with Crippen LogP contribution in [0, 0.1) is 6.92 Å². The zero-order valence-corrected chi connectivity index (χ0v) is 11.5. The Morgan fingerprint density at radius 2 is 2.06 bits per heavy atom. The Bertz CT molecular complexity index is 498. The highest BCUT2D eigenvalue weighted by atomic mass is 79.9. The van der Waals surface area contributed by atoms with Crippen LogP contribution in [0.3, 0.4) is 0 Å². The van der Waals surface area contributed by atoms with E-state index in [1.165, 1.54) is 0 Å². The first-order chi connectivity index (χ1) is 8.63. The van der Waals surface area contributed by atoms with Crippen LogP contribution in [0.2, 0.25) is 0 Å². The Morgan fingerprint density at radius 3 is 2.67 bits per heavy atom. The molecule has 1 unspecified atom stereocenters. The summed E-state index contributed by atoms with van der Waals surface area (Å²) in [5.74, 6) is 0.500. The van der Waals surface area contributed by atoms with Crippen molar-refractivity contribution in [2.45, 2.75) is 19.4 Å². The molecule has 1 heterocycles. The van der Waals surface area contributed by atoms with Crippen molar-refractivity contribution in [3.63, 3.8) is 0 Å². The number of halogens is 1. The van der Waals surface area contributed by atoms with Crippen molar-refractivity contribution in [2.75, 3.05) is 11.9 Å². The Hall–Kier alpha value is -1.40. The molecule has 0 spiro atoms. The minimum atomic E-state index is -0.501. The van der Waals surface area contributed by atoms with Gasteiger partial charge in [0.15, 0.2) is 0 Å². The van der Waals surface area contributed by atoms with Gasteiger partial charge in [0.2, 0.25) is 5.89 Å². The van der Waals surface area contributed by atoms with E-state index in [2.05, 4.69) is 31.4 Å². The Labute approximate surface area is 113 Å². The van der Waals surface area contributed by atoms with Gasteiger partial charge in [0.25, 0.3) is 0 Å². The minimum absolute atomic E-state index is 0.336. The van der Waals surface area contributed by atoms with E-state index in [0.29, 0.717) is 24.9 Å². The highest BCUT2D eigenvalue weighted by Crippen LogP contribution is 2.12. The van der Waals surface area contributed by atoms with Gasteiger partial charge < -0.3 is 14.8 Å². The van der Waals surface area contributed by atoms with Gasteiger partial charge in [-0.15, -0.1) is 5.10 Å². The number of rotatable bonds is 5. The number of aromatic nitrogens is 2. The Morgan fingerprint density at radius 1 is 1.33 bits per heavy atom. The number of nitrogens with zero attached hydrogens (tertiary/aromatic N) is 2. The fraction of sp³-hybridized carbons (Fsp3) is 0.333. The van der Waals surface area contributed by atoms with Crippen molar-refractivity contribution in [3.05, 3.63) is 40.2 Å². The average molecular weight is 312 g/mol. The zero-order valence-electron chi connectivity index (χ0n) is 9.93. The number of benzene rings is 1. The normalized spacial score (nSPS) is 12.4. The van der Waals surface area contributed by atoms with Crippen molar-refractivity contribution in [1.82, 2.24) is 10.2 Å². The summed E-state index contributed by atoms with van der Waals surface area (Å²) in [6.45, 7) is 2.09. The third-order valence-corrected chi connectivity index (χ3v) is 2.93. The molecule has 0 saturated heterocycles. The van der Waals surface area contributed by atoms with Crippen LogP contribution in [-0.2, 0) is 6.42 Å². The number of aliphatic hydroxyl groups is 1. The molecule has 6 heteroatoms.